The Kier molecular flexibility index (Phi) is 3.28. The van der Waals surface area contributed by atoms with Crippen LogP contribution in [0.15, 0.2) is 12.4 Å². The maximum atomic E-state index is 12.4. The molecule has 0 aromatic carbocycles. The van der Waals surface area contributed by atoms with Gasteiger partial charge in [-0.25, -0.2) is 18.7 Å². The molecule has 0 unspecified atom stereocenters. The molecule has 0 saturated carbocycles. The summed E-state index contributed by atoms with van der Waals surface area (Å²) in [6.45, 7) is -1.49. The minimum absolute atomic E-state index is 0.234. The van der Waals surface area contributed by atoms with Crippen LogP contribution in [-0.2, 0) is 0 Å². The fraction of sp³-hybridized carbons (Fsp3) is 0.429. The first-order valence-corrected chi connectivity index (χ1v) is 3.79. The van der Waals surface area contributed by atoms with Crippen molar-refractivity contribution in [2.45, 2.75) is 12.3 Å². The van der Waals surface area contributed by atoms with E-state index in [2.05, 4.69) is 14.7 Å². The minimum Gasteiger partial charge on any atom is -0.468 e. The Hall–Kier alpha value is -1.60. The lowest BCUT2D eigenvalue weighted by atomic mass is 10.4. The van der Waals surface area contributed by atoms with Crippen molar-refractivity contribution >= 4 is 5.82 Å². The predicted molar refractivity (Wildman–Crippen MR) is 42.9 cm³/mol. The standard InChI is InChI=1S/C7H7F4N3O/c8-6(9)7(10,11)3-15-5-4(12)13-1-2-14-5/h1-2,6H,3H2,(H2,12,13). The highest BCUT2D eigenvalue weighted by molar-refractivity contribution is 5.38. The molecule has 0 aliphatic heterocycles. The van der Waals surface area contributed by atoms with Gasteiger partial charge in [-0.3, -0.25) is 0 Å². The van der Waals surface area contributed by atoms with E-state index in [0.717, 1.165) is 6.20 Å². The Morgan fingerprint density at radius 1 is 1.33 bits per heavy atom. The average Bonchev–Trinajstić information content (AvgIpc) is 2.16. The summed E-state index contributed by atoms with van der Waals surface area (Å²) in [5.41, 5.74) is 5.19. The molecule has 0 saturated heterocycles. The van der Waals surface area contributed by atoms with Crippen molar-refractivity contribution in [3.05, 3.63) is 12.4 Å². The summed E-state index contributed by atoms with van der Waals surface area (Å²) in [6.07, 6.45) is -1.44. The number of nitrogen functional groups attached to an aromatic ring is 1. The normalized spacial score (nSPS) is 11.8. The zero-order chi connectivity index (χ0) is 11.5. The van der Waals surface area contributed by atoms with Gasteiger partial charge in [0.15, 0.2) is 12.4 Å². The Balaban J connectivity index is 2.62. The van der Waals surface area contributed by atoms with Crippen LogP contribution in [0.3, 0.4) is 0 Å². The van der Waals surface area contributed by atoms with Crippen molar-refractivity contribution in [2.24, 2.45) is 0 Å². The molecule has 1 heterocycles. The SMILES string of the molecule is Nc1nccnc1OCC(F)(F)C(F)F. The Morgan fingerprint density at radius 2 is 1.93 bits per heavy atom. The van der Waals surface area contributed by atoms with Crippen molar-refractivity contribution in [1.29, 1.82) is 0 Å². The van der Waals surface area contributed by atoms with Gasteiger partial charge in [0.25, 0.3) is 5.88 Å². The molecular formula is C7H7F4N3O. The van der Waals surface area contributed by atoms with Gasteiger partial charge in [-0.1, -0.05) is 0 Å². The molecule has 0 radical (unpaired) electrons. The van der Waals surface area contributed by atoms with Crippen LogP contribution in [0.2, 0.25) is 0 Å². The highest BCUT2D eigenvalue weighted by atomic mass is 19.3. The zero-order valence-corrected chi connectivity index (χ0v) is 7.33. The third-order valence-electron chi connectivity index (χ3n) is 1.41. The van der Waals surface area contributed by atoms with E-state index in [0.29, 0.717) is 0 Å². The minimum atomic E-state index is -4.23. The Labute approximate surface area is 82.1 Å². The number of aromatic nitrogens is 2. The lowest BCUT2D eigenvalue weighted by Crippen LogP contribution is -2.34. The van der Waals surface area contributed by atoms with Crippen LogP contribution in [0.1, 0.15) is 0 Å². The highest BCUT2D eigenvalue weighted by Crippen LogP contribution is 2.24. The number of halogens is 4. The van der Waals surface area contributed by atoms with Gasteiger partial charge in [-0.15, -0.1) is 0 Å². The maximum Gasteiger partial charge on any atom is 0.340 e. The second-order valence-electron chi connectivity index (χ2n) is 2.60. The van der Waals surface area contributed by atoms with Gasteiger partial charge in [0, 0.05) is 12.4 Å². The van der Waals surface area contributed by atoms with Crippen molar-refractivity contribution in [1.82, 2.24) is 9.97 Å². The van der Waals surface area contributed by atoms with Crippen LogP contribution in [0.5, 0.6) is 5.88 Å². The smallest absolute Gasteiger partial charge is 0.340 e. The van der Waals surface area contributed by atoms with E-state index in [9.17, 15) is 17.6 Å². The van der Waals surface area contributed by atoms with Gasteiger partial charge < -0.3 is 10.5 Å². The molecule has 0 atom stereocenters. The van der Waals surface area contributed by atoms with Crippen LogP contribution in [0.4, 0.5) is 23.4 Å². The number of rotatable bonds is 4. The average molecular weight is 225 g/mol. The molecule has 2 N–H and O–H groups in total. The number of hydrogen-bond acceptors (Lipinski definition) is 4. The van der Waals surface area contributed by atoms with E-state index in [1.165, 1.54) is 6.20 Å². The summed E-state index contributed by atoms with van der Waals surface area (Å²) in [5, 5.41) is 0. The molecule has 0 amide bonds. The monoisotopic (exact) mass is 225 g/mol. The van der Waals surface area contributed by atoms with Gasteiger partial charge in [-0.2, -0.15) is 8.78 Å². The van der Waals surface area contributed by atoms with Gasteiger partial charge in [0.05, 0.1) is 0 Å². The van der Waals surface area contributed by atoms with E-state index in [1.54, 1.807) is 0 Å². The molecule has 0 aliphatic carbocycles. The molecule has 0 bridgehead atoms. The Morgan fingerprint density at radius 3 is 2.47 bits per heavy atom. The summed E-state index contributed by atoms with van der Waals surface area (Å²) < 4.78 is 52.6. The topological polar surface area (TPSA) is 61.0 Å². The molecule has 0 spiro atoms. The first-order valence-electron chi connectivity index (χ1n) is 3.79. The molecule has 4 nitrogen and oxygen atoms in total. The van der Waals surface area contributed by atoms with Crippen molar-refractivity contribution < 1.29 is 22.3 Å². The van der Waals surface area contributed by atoms with E-state index in [1.807, 2.05) is 0 Å². The molecule has 84 valence electrons. The third-order valence-corrected chi connectivity index (χ3v) is 1.41. The van der Waals surface area contributed by atoms with Crippen molar-refractivity contribution in [2.75, 3.05) is 12.3 Å². The largest absolute Gasteiger partial charge is 0.468 e. The summed E-state index contributed by atoms with van der Waals surface area (Å²) in [6, 6.07) is 0. The third kappa shape index (κ3) is 2.93. The molecule has 0 fully saturated rings. The maximum absolute atomic E-state index is 12.4. The highest BCUT2D eigenvalue weighted by Gasteiger charge is 2.42. The van der Waals surface area contributed by atoms with E-state index < -0.39 is 24.8 Å². The van der Waals surface area contributed by atoms with Gasteiger partial charge in [0.2, 0.25) is 0 Å². The fourth-order valence-electron chi connectivity index (χ4n) is 0.675. The van der Waals surface area contributed by atoms with E-state index in [-0.39, 0.29) is 5.82 Å². The predicted octanol–water partition coefficient (Wildman–Crippen LogP) is 1.34. The van der Waals surface area contributed by atoms with E-state index in [4.69, 9.17) is 5.73 Å². The van der Waals surface area contributed by atoms with Crippen LogP contribution >= 0.6 is 0 Å². The number of nitrogens with two attached hydrogens (primary N) is 1. The van der Waals surface area contributed by atoms with Crippen LogP contribution in [0.25, 0.3) is 0 Å². The zero-order valence-electron chi connectivity index (χ0n) is 7.33. The lowest BCUT2D eigenvalue weighted by molar-refractivity contribution is -0.148. The number of hydrogen-bond donors (Lipinski definition) is 1. The molecule has 1 aromatic heterocycles. The van der Waals surface area contributed by atoms with E-state index >= 15 is 0 Å². The first kappa shape index (κ1) is 11.5. The van der Waals surface area contributed by atoms with Crippen molar-refractivity contribution in [3.63, 3.8) is 0 Å². The number of nitrogens with zero attached hydrogens (tertiary/aromatic N) is 2. The molecular weight excluding hydrogens is 218 g/mol. The number of anilines is 1. The summed E-state index contributed by atoms with van der Waals surface area (Å²) in [7, 11) is 0. The summed E-state index contributed by atoms with van der Waals surface area (Å²) in [4.78, 5) is 6.94. The number of ether oxygens (including phenoxy) is 1. The van der Waals surface area contributed by atoms with Crippen LogP contribution in [0, 0.1) is 0 Å². The van der Waals surface area contributed by atoms with Gasteiger partial charge in [0.1, 0.15) is 0 Å². The fourth-order valence-corrected chi connectivity index (χ4v) is 0.675. The van der Waals surface area contributed by atoms with Gasteiger partial charge in [-0.05, 0) is 0 Å². The number of alkyl halides is 4. The molecule has 1 rings (SSSR count). The summed E-state index contributed by atoms with van der Waals surface area (Å²) in [5.74, 6) is -4.86. The molecule has 0 aliphatic rings. The van der Waals surface area contributed by atoms with Crippen molar-refractivity contribution in [3.8, 4) is 5.88 Å². The van der Waals surface area contributed by atoms with Gasteiger partial charge >= 0.3 is 12.3 Å². The lowest BCUT2D eigenvalue weighted by Gasteiger charge is -2.15. The first-order chi connectivity index (χ1) is 6.93. The Bertz CT molecular complexity index is 334. The second kappa shape index (κ2) is 4.28. The second-order valence-corrected chi connectivity index (χ2v) is 2.60. The quantitative estimate of drug-likeness (QED) is 0.785. The summed E-state index contributed by atoms with van der Waals surface area (Å²) >= 11 is 0. The van der Waals surface area contributed by atoms with Crippen LogP contribution in [-0.4, -0.2) is 28.9 Å². The molecule has 15 heavy (non-hydrogen) atoms. The van der Waals surface area contributed by atoms with Crippen LogP contribution < -0.4 is 10.5 Å². The molecule has 8 heteroatoms. The molecule has 1 aromatic rings.